The fourth-order valence-corrected chi connectivity index (χ4v) is 4.98. The number of phenols is 2. The van der Waals surface area contributed by atoms with Crippen LogP contribution in [0.2, 0.25) is 0 Å². The maximum absolute atomic E-state index is 10.9. The first-order chi connectivity index (χ1) is 14.7. The van der Waals surface area contributed by atoms with Gasteiger partial charge in [-0.25, -0.2) is 0 Å². The number of rotatable bonds is 2. The van der Waals surface area contributed by atoms with Gasteiger partial charge in [-0.05, 0) is 24.3 Å². The highest BCUT2D eigenvalue weighted by Crippen LogP contribution is 2.68. The standard InChI is InChI=1S/C26H18O4/c27-21-13-5-1-9-17(21)25-19-11-3-7-15-23(19)30-26(25,18-10-2-6-14-22(18)28)20-12-4-8-16-24(20)29-25/h1-16,27-28H. The molecule has 0 spiro atoms. The summed E-state index contributed by atoms with van der Waals surface area (Å²) >= 11 is 0. The molecule has 4 aromatic rings. The van der Waals surface area contributed by atoms with Crippen LogP contribution < -0.4 is 9.47 Å². The molecule has 0 fully saturated rings. The van der Waals surface area contributed by atoms with E-state index >= 15 is 0 Å². The van der Waals surface area contributed by atoms with Crippen LogP contribution in [0.4, 0.5) is 0 Å². The molecule has 2 aliphatic rings. The first-order valence-electron chi connectivity index (χ1n) is 9.82. The van der Waals surface area contributed by atoms with Gasteiger partial charge in [0.2, 0.25) is 11.2 Å². The van der Waals surface area contributed by atoms with Crippen molar-refractivity contribution in [2.24, 2.45) is 0 Å². The van der Waals surface area contributed by atoms with Crippen LogP contribution in [0.25, 0.3) is 0 Å². The summed E-state index contributed by atoms with van der Waals surface area (Å²) in [6.45, 7) is 0. The van der Waals surface area contributed by atoms with E-state index in [1.807, 2.05) is 72.8 Å². The van der Waals surface area contributed by atoms with Crippen molar-refractivity contribution in [3.63, 3.8) is 0 Å². The molecule has 30 heavy (non-hydrogen) atoms. The minimum Gasteiger partial charge on any atom is -0.507 e. The van der Waals surface area contributed by atoms with E-state index in [1.54, 1.807) is 24.3 Å². The van der Waals surface area contributed by atoms with Gasteiger partial charge in [0, 0.05) is 22.3 Å². The first-order valence-corrected chi connectivity index (χ1v) is 9.82. The van der Waals surface area contributed by atoms with Gasteiger partial charge in [-0.1, -0.05) is 72.8 Å². The Balaban J connectivity index is 1.82. The summed E-state index contributed by atoms with van der Waals surface area (Å²) in [5, 5.41) is 21.9. The summed E-state index contributed by atoms with van der Waals surface area (Å²) in [6, 6.07) is 29.6. The second-order valence-corrected chi connectivity index (χ2v) is 7.59. The van der Waals surface area contributed by atoms with Gasteiger partial charge in [0.25, 0.3) is 0 Å². The van der Waals surface area contributed by atoms with E-state index in [1.165, 1.54) is 0 Å². The van der Waals surface area contributed by atoms with Crippen LogP contribution in [0.1, 0.15) is 22.3 Å². The van der Waals surface area contributed by atoms with E-state index in [0.29, 0.717) is 22.6 Å². The second kappa shape index (κ2) is 5.80. The maximum Gasteiger partial charge on any atom is 0.214 e. The van der Waals surface area contributed by atoms with Gasteiger partial charge >= 0.3 is 0 Å². The smallest absolute Gasteiger partial charge is 0.214 e. The molecular formula is C26H18O4. The Labute approximate surface area is 173 Å². The van der Waals surface area contributed by atoms with Gasteiger partial charge in [0.05, 0.1) is 0 Å². The molecular weight excluding hydrogens is 376 g/mol. The van der Waals surface area contributed by atoms with Gasteiger partial charge in [-0.2, -0.15) is 0 Å². The van der Waals surface area contributed by atoms with Gasteiger partial charge in [0.15, 0.2) is 0 Å². The molecule has 0 saturated heterocycles. The molecule has 0 amide bonds. The Morgan fingerprint density at radius 3 is 1.17 bits per heavy atom. The van der Waals surface area contributed by atoms with E-state index in [2.05, 4.69) is 0 Å². The molecule has 4 nitrogen and oxygen atoms in total. The van der Waals surface area contributed by atoms with Crippen LogP contribution in [0, 0.1) is 0 Å². The average molecular weight is 394 g/mol. The quantitative estimate of drug-likeness (QED) is 0.498. The molecule has 2 N–H and O–H groups in total. The van der Waals surface area contributed by atoms with Crippen LogP contribution in [-0.2, 0) is 11.2 Å². The summed E-state index contributed by atoms with van der Waals surface area (Å²) in [5.74, 6) is 1.51. The van der Waals surface area contributed by atoms with Crippen LogP contribution in [0.5, 0.6) is 23.0 Å². The van der Waals surface area contributed by atoms with Crippen LogP contribution in [0.3, 0.4) is 0 Å². The highest BCUT2D eigenvalue weighted by atomic mass is 16.6. The van der Waals surface area contributed by atoms with Crippen molar-refractivity contribution in [2.75, 3.05) is 0 Å². The number of benzene rings is 4. The number of aromatic hydroxyl groups is 2. The molecule has 146 valence electrons. The van der Waals surface area contributed by atoms with Crippen molar-refractivity contribution in [1.82, 2.24) is 0 Å². The first kappa shape index (κ1) is 17.0. The van der Waals surface area contributed by atoms with E-state index in [4.69, 9.17) is 9.47 Å². The fraction of sp³-hybridized carbons (Fsp3) is 0.0769. The lowest BCUT2D eigenvalue weighted by Gasteiger charge is -2.39. The van der Waals surface area contributed by atoms with Crippen molar-refractivity contribution in [3.8, 4) is 23.0 Å². The van der Waals surface area contributed by atoms with E-state index < -0.39 is 11.2 Å². The van der Waals surface area contributed by atoms with E-state index in [-0.39, 0.29) is 11.5 Å². The molecule has 0 radical (unpaired) electrons. The molecule has 2 unspecified atom stereocenters. The lowest BCUT2D eigenvalue weighted by atomic mass is 9.69. The van der Waals surface area contributed by atoms with Crippen molar-refractivity contribution >= 4 is 0 Å². The lowest BCUT2D eigenvalue weighted by molar-refractivity contribution is -0.0171. The lowest BCUT2D eigenvalue weighted by Crippen LogP contribution is -2.50. The zero-order chi connectivity index (χ0) is 20.3. The zero-order valence-electron chi connectivity index (χ0n) is 15.9. The summed E-state index contributed by atoms with van der Waals surface area (Å²) in [5.41, 5.74) is 0.329. The fourth-order valence-electron chi connectivity index (χ4n) is 4.98. The molecule has 0 bridgehead atoms. The number of hydrogen-bond acceptors (Lipinski definition) is 4. The summed E-state index contributed by atoms with van der Waals surface area (Å²) in [7, 11) is 0. The third kappa shape index (κ3) is 1.86. The Bertz CT molecular complexity index is 1200. The topological polar surface area (TPSA) is 58.9 Å². The van der Waals surface area contributed by atoms with E-state index in [9.17, 15) is 10.2 Å². The number of para-hydroxylation sites is 4. The van der Waals surface area contributed by atoms with Crippen molar-refractivity contribution in [1.29, 1.82) is 0 Å². The monoisotopic (exact) mass is 394 g/mol. The third-order valence-corrected chi connectivity index (χ3v) is 6.12. The Morgan fingerprint density at radius 2 is 0.767 bits per heavy atom. The number of fused-ring (bicyclic) bond motifs is 5. The van der Waals surface area contributed by atoms with Crippen LogP contribution in [-0.4, -0.2) is 10.2 Å². The predicted octanol–water partition coefficient (Wildman–Crippen LogP) is 5.07. The molecule has 2 atom stereocenters. The summed E-state index contributed by atoms with van der Waals surface area (Å²) in [4.78, 5) is 0. The van der Waals surface area contributed by atoms with Gasteiger partial charge < -0.3 is 19.7 Å². The summed E-state index contributed by atoms with van der Waals surface area (Å²) < 4.78 is 13.5. The minimum atomic E-state index is -1.21. The largest absolute Gasteiger partial charge is 0.507 e. The molecule has 2 aliphatic heterocycles. The van der Waals surface area contributed by atoms with Gasteiger partial charge in [-0.15, -0.1) is 0 Å². The Morgan fingerprint density at radius 1 is 0.433 bits per heavy atom. The van der Waals surface area contributed by atoms with Crippen molar-refractivity contribution in [2.45, 2.75) is 11.2 Å². The third-order valence-electron chi connectivity index (χ3n) is 6.12. The molecule has 6 rings (SSSR count). The average Bonchev–Trinajstić information content (AvgIpc) is 3.22. The Hall–Kier alpha value is -3.92. The normalized spacial score (nSPS) is 23.1. The molecule has 4 aromatic carbocycles. The highest BCUT2D eigenvalue weighted by molar-refractivity contribution is 5.68. The maximum atomic E-state index is 10.9. The Kier molecular flexibility index (Phi) is 3.28. The minimum absolute atomic E-state index is 0.102. The molecule has 2 heterocycles. The van der Waals surface area contributed by atoms with Gasteiger partial charge in [0.1, 0.15) is 23.0 Å². The molecule has 0 aromatic heterocycles. The molecule has 4 heteroatoms. The predicted molar refractivity (Wildman–Crippen MR) is 112 cm³/mol. The van der Waals surface area contributed by atoms with Crippen LogP contribution in [0.15, 0.2) is 97.1 Å². The summed E-state index contributed by atoms with van der Waals surface area (Å²) in [6.07, 6.45) is 0. The van der Waals surface area contributed by atoms with E-state index in [0.717, 1.165) is 11.1 Å². The second-order valence-electron chi connectivity index (χ2n) is 7.59. The number of hydrogen-bond donors (Lipinski definition) is 2. The highest BCUT2D eigenvalue weighted by Gasteiger charge is 2.71. The molecule has 0 aliphatic carbocycles. The van der Waals surface area contributed by atoms with Crippen LogP contribution >= 0.6 is 0 Å². The SMILES string of the molecule is Oc1ccccc1C12Oc3ccccc3C1(c1ccccc1O)Oc1ccccc12. The molecule has 0 saturated carbocycles. The van der Waals surface area contributed by atoms with Gasteiger partial charge in [-0.3, -0.25) is 0 Å². The number of ether oxygens (including phenoxy) is 2. The number of phenolic OH excluding ortho intramolecular Hbond substituents is 2. The van der Waals surface area contributed by atoms with Crippen molar-refractivity contribution < 1.29 is 19.7 Å². The zero-order valence-corrected chi connectivity index (χ0v) is 15.9. The van der Waals surface area contributed by atoms with Crippen molar-refractivity contribution in [3.05, 3.63) is 119 Å².